The first-order valence-electron chi connectivity index (χ1n) is 5.12. The standard InChI is InChI=1S/C11H12ClNO2S/c12-9-7-8(11(14)15)3-4-10(9)13-5-1-2-6-16-13/h3-4,7H,1-2,5-6H2,(H,14,15). The van der Waals surface area contributed by atoms with Gasteiger partial charge in [0, 0.05) is 12.3 Å². The Morgan fingerprint density at radius 1 is 1.44 bits per heavy atom. The Morgan fingerprint density at radius 3 is 2.81 bits per heavy atom. The molecule has 86 valence electrons. The Hall–Kier alpha value is -0.870. The third-order valence-corrected chi connectivity index (χ3v) is 3.93. The number of anilines is 1. The number of carboxylic acids is 1. The van der Waals surface area contributed by atoms with Gasteiger partial charge in [0.05, 0.1) is 16.3 Å². The molecule has 2 rings (SSSR count). The average Bonchev–Trinajstić information content (AvgIpc) is 2.30. The fourth-order valence-corrected chi connectivity index (χ4v) is 3.07. The molecule has 1 aromatic rings. The van der Waals surface area contributed by atoms with Gasteiger partial charge in [0.25, 0.3) is 0 Å². The number of rotatable bonds is 2. The molecular weight excluding hydrogens is 246 g/mol. The Kier molecular flexibility index (Phi) is 3.61. The zero-order chi connectivity index (χ0) is 11.5. The van der Waals surface area contributed by atoms with Crippen molar-refractivity contribution < 1.29 is 9.90 Å². The van der Waals surface area contributed by atoms with E-state index in [9.17, 15) is 4.79 Å². The quantitative estimate of drug-likeness (QED) is 0.826. The van der Waals surface area contributed by atoms with Crippen LogP contribution in [0.5, 0.6) is 0 Å². The number of carboxylic acid groups (broad SMARTS) is 1. The summed E-state index contributed by atoms with van der Waals surface area (Å²) in [5.41, 5.74) is 1.15. The maximum Gasteiger partial charge on any atom is 0.335 e. The summed E-state index contributed by atoms with van der Waals surface area (Å²) in [6.07, 6.45) is 2.38. The second kappa shape index (κ2) is 4.97. The molecule has 0 radical (unpaired) electrons. The van der Waals surface area contributed by atoms with Gasteiger partial charge in [0.15, 0.2) is 0 Å². The fourth-order valence-electron chi connectivity index (χ4n) is 1.63. The molecule has 1 N–H and O–H groups in total. The van der Waals surface area contributed by atoms with Gasteiger partial charge < -0.3 is 9.41 Å². The third kappa shape index (κ3) is 2.44. The summed E-state index contributed by atoms with van der Waals surface area (Å²) in [6.45, 7) is 0.969. The molecule has 0 unspecified atom stereocenters. The van der Waals surface area contributed by atoms with Crippen LogP contribution >= 0.6 is 23.5 Å². The van der Waals surface area contributed by atoms with Crippen LogP contribution in [-0.4, -0.2) is 23.4 Å². The number of aromatic carboxylic acids is 1. The largest absolute Gasteiger partial charge is 0.478 e. The van der Waals surface area contributed by atoms with E-state index in [2.05, 4.69) is 4.31 Å². The molecule has 1 saturated heterocycles. The number of nitrogens with zero attached hydrogens (tertiary/aromatic N) is 1. The van der Waals surface area contributed by atoms with Crippen molar-refractivity contribution in [2.24, 2.45) is 0 Å². The second-order valence-corrected chi connectivity index (χ2v) is 5.13. The van der Waals surface area contributed by atoms with Gasteiger partial charge in [-0.3, -0.25) is 0 Å². The summed E-state index contributed by atoms with van der Waals surface area (Å²) < 4.78 is 2.14. The van der Waals surface area contributed by atoms with E-state index in [0.717, 1.165) is 24.4 Å². The monoisotopic (exact) mass is 257 g/mol. The highest BCUT2D eigenvalue weighted by atomic mass is 35.5. The molecule has 1 aliphatic rings. The molecule has 0 aliphatic carbocycles. The number of halogens is 1. The Labute approximate surface area is 104 Å². The number of benzene rings is 1. The molecule has 0 saturated carbocycles. The summed E-state index contributed by atoms with van der Waals surface area (Å²) >= 11 is 7.83. The van der Waals surface area contributed by atoms with Crippen LogP contribution < -0.4 is 4.31 Å². The second-order valence-electron chi connectivity index (χ2n) is 3.61. The SMILES string of the molecule is O=C(O)c1ccc(N2CCCCS2)c(Cl)c1. The normalized spacial score (nSPS) is 16.2. The van der Waals surface area contributed by atoms with Gasteiger partial charge >= 0.3 is 5.97 Å². The van der Waals surface area contributed by atoms with Crippen LogP contribution in [0.3, 0.4) is 0 Å². The van der Waals surface area contributed by atoms with Gasteiger partial charge in [0.2, 0.25) is 0 Å². The van der Waals surface area contributed by atoms with Gasteiger partial charge in [-0.25, -0.2) is 4.79 Å². The van der Waals surface area contributed by atoms with Gasteiger partial charge in [-0.15, -0.1) is 0 Å². The van der Waals surface area contributed by atoms with Crippen molar-refractivity contribution in [2.75, 3.05) is 16.6 Å². The van der Waals surface area contributed by atoms with Crippen molar-refractivity contribution in [3.8, 4) is 0 Å². The molecule has 0 aromatic heterocycles. The van der Waals surface area contributed by atoms with Crippen molar-refractivity contribution in [3.63, 3.8) is 0 Å². The van der Waals surface area contributed by atoms with E-state index in [0.29, 0.717) is 5.02 Å². The van der Waals surface area contributed by atoms with Crippen molar-refractivity contribution in [2.45, 2.75) is 12.8 Å². The third-order valence-electron chi connectivity index (χ3n) is 2.47. The fraction of sp³-hybridized carbons (Fsp3) is 0.364. The molecule has 0 spiro atoms. The van der Waals surface area contributed by atoms with Gasteiger partial charge in [-0.05, 0) is 43.0 Å². The van der Waals surface area contributed by atoms with Crippen molar-refractivity contribution in [3.05, 3.63) is 28.8 Å². The van der Waals surface area contributed by atoms with E-state index < -0.39 is 5.97 Å². The summed E-state index contributed by atoms with van der Waals surface area (Å²) in [7, 11) is 0. The zero-order valence-corrected chi connectivity index (χ0v) is 10.2. The minimum Gasteiger partial charge on any atom is -0.478 e. The van der Waals surface area contributed by atoms with Crippen molar-refractivity contribution in [1.82, 2.24) is 0 Å². The molecular formula is C11H12ClNO2S. The van der Waals surface area contributed by atoms with E-state index in [1.165, 1.54) is 12.5 Å². The molecule has 0 atom stereocenters. The molecule has 1 aliphatic heterocycles. The van der Waals surface area contributed by atoms with Crippen LogP contribution in [0.4, 0.5) is 5.69 Å². The van der Waals surface area contributed by atoms with Gasteiger partial charge in [-0.1, -0.05) is 11.6 Å². The maximum atomic E-state index is 10.8. The topological polar surface area (TPSA) is 40.5 Å². The molecule has 5 heteroatoms. The first-order valence-corrected chi connectivity index (χ1v) is 6.44. The van der Waals surface area contributed by atoms with Crippen molar-refractivity contribution >= 4 is 35.2 Å². The summed E-state index contributed by atoms with van der Waals surface area (Å²) in [4.78, 5) is 10.8. The van der Waals surface area contributed by atoms with E-state index in [1.54, 1.807) is 24.1 Å². The summed E-state index contributed by atoms with van der Waals surface area (Å²) in [6, 6.07) is 4.89. The Bertz CT molecular complexity index is 405. The zero-order valence-electron chi connectivity index (χ0n) is 8.65. The smallest absolute Gasteiger partial charge is 0.335 e. The Morgan fingerprint density at radius 2 is 2.25 bits per heavy atom. The van der Waals surface area contributed by atoms with Crippen LogP contribution in [0.2, 0.25) is 5.02 Å². The maximum absolute atomic E-state index is 10.8. The van der Waals surface area contributed by atoms with Crippen LogP contribution in [-0.2, 0) is 0 Å². The number of hydrogen-bond donors (Lipinski definition) is 1. The van der Waals surface area contributed by atoms with Gasteiger partial charge in [-0.2, -0.15) is 0 Å². The van der Waals surface area contributed by atoms with Gasteiger partial charge in [0.1, 0.15) is 0 Å². The first-order chi connectivity index (χ1) is 7.68. The van der Waals surface area contributed by atoms with E-state index in [-0.39, 0.29) is 5.56 Å². The lowest BCUT2D eigenvalue weighted by Gasteiger charge is -2.28. The Balaban J connectivity index is 2.24. The average molecular weight is 258 g/mol. The minimum absolute atomic E-state index is 0.232. The predicted molar refractivity (Wildman–Crippen MR) is 67.4 cm³/mol. The van der Waals surface area contributed by atoms with Crippen LogP contribution in [0, 0.1) is 0 Å². The lowest BCUT2D eigenvalue weighted by molar-refractivity contribution is 0.0697. The van der Waals surface area contributed by atoms with Crippen LogP contribution in [0.25, 0.3) is 0 Å². The first kappa shape index (κ1) is 11.6. The van der Waals surface area contributed by atoms with Crippen LogP contribution in [0.1, 0.15) is 23.2 Å². The molecule has 0 amide bonds. The highest BCUT2D eigenvalue weighted by molar-refractivity contribution is 8.00. The molecule has 1 aromatic carbocycles. The summed E-state index contributed by atoms with van der Waals surface area (Å²) in [5.74, 6) is 0.150. The van der Waals surface area contributed by atoms with E-state index in [4.69, 9.17) is 16.7 Å². The molecule has 16 heavy (non-hydrogen) atoms. The molecule has 0 bridgehead atoms. The predicted octanol–water partition coefficient (Wildman–Crippen LogP) is 3.29. The molecule has 3 nitrogen and oxygen atoms in total. The molecule has 1 fully saturated rings. The lowest BCUT2D eigenvalue weighted by atomic mass is 10.2. The minimum atomic E-state index is -0.945. The highest BCUT2D eigenvalue weighted by Gasteiger charge is 2.16. The highest BCUT2D eigenvalue weighted by Crippen LogP contribution is 2.33. The van der Waals surface area contributed by atoms with Crippen molar-refractivity contribution in [1.29, 1.82) is 0 Å². The van der Waals surface area contributed by atoms with Crippen LogP contribution in [0.15, 0.2) is 18.2 Å². The molecule has 1 heterocycles. The van der Waals surface area contributed by atoms with E-state index >= 15 is 0 Å². The number of carbonyl (C=O) groups is 1. The summed E-state index contributed by atoms with van der Waals surface area (Å²) in [5, 5.41) is 9.34. The number of hydrogen-bond acceptors (Lipinski definition) is 3. The lowest BCUT2D eigenvalue weighted by Crippen LogP contribution is -2.21. The van der Waals surface area contributed by atoms with E-state index in [1.807, 2.05) is 0 Å².